The van der Waals surface area contributed by atoms with Crippen LogP contribution >= 0.6 is 22.6 Å². The van der Waals surface area contributed by atoms with Crippen molar-refractivity contribution < 1.29 is 4.74 Å². The quantitative estimate of drug-likeness (QED) is 0.836. The molecular weight excluding hydrogens is 337 g/mol. The van der Waals surface area contributed by atoms with Gasteiger partial charge in [-0.05, 0) is 65.9 Å². The van der Waals surface area contributed by atoms with Crippen LogP contribution in [0.25, 0.3) is 0 Å². The van der Waals surface area contributed by atoms with Crippen LogP contribution in [0, 0.1) is 10.5 Å². The minimum absolute atomic E-state index is 0.850. The van der Waals surface area contributed by atoms with Crippen molar-refractivity contribution in [3.05, 3.63) is 57.2 Å². The average molecular weight is 353 g/mol. The molecule has 0 heterocycles. The van der Waals surface area contributed by atoms with Gasteiger partial charge in [-0.1, -0.05) is 24.3 Å². The molecule has 2 rings (SSSR count). The van der Waals surface area contributed by atoms with Crippen molar-refractivity contribution in [2.75, 3.05) is 7.05 Å². The van der Waals surface area contributed by atoms with Crippen LogP contribution in [0.1, 0.15) is 11.1 Å². The minimum atomic E-state index is 0.850. The molecule has 0 aromatic heterocycles. The van der Waals surface area contributed by atoms with Gasteiger partial charge in [0.05, 0.1) is 3.57 Å². The van der Waals surface area contributed by atoms with E-state index in [0.29, 0.717) is 0 Å². The maximum Gasteiger partial charge on any atom is 0.140 e. The van der Waals surface area contributed by atoms with Crippen LogP contribution in [0.5, 0.6) is 11.5 Å². The molecule has 18 heavy (non-hydrogen) atoms. The Morgan fingerprint density at radius 2 is 1.89 bits per heavy atom. The Labute approximate surface area is 122 Å². The number of hydrogen-bond donors (Lipinski definition) is 1. The van der Waals surface area contributed by atoms with Crippen LogP contribution in [-0.4, -0.2) is 7.05 Å². The summed E-state index contributed by atoms with van der Waals surface area (Å²) in [5, 5.41) is 3.15. The summed E-state index contributed by atoms with van der Waals surface area (Å²) in [5.41, 5.74) is 2.37. The largest absolute Gasteiger partial charge is 0.456 e. The molecule has 0 spiro atoms. The van der Waals surface area contributed by atoms with Gasteiger partial charge in [-0.2, -0.15) is 0 Å². The highest BCUT2D eigenvalue weighted by atomic mass is 127. The Kier molecular flexibility index (Phi) is 4.60. The summed E-state index contributed by atoms with van der Waals surface area (Å²) in [6, 6.07) is 14.3. The van der Waals surface area contributed by atoms with E-state index in [2.05, 4.69) is 53.0 Å². The van der Waals surface area contributed by atoms with Crippen molar-refractivity contribution in [1.29, 1.82) is 0 Å². The van der Waals surface area contributed by atoms with E-state index in [1.807, 2.05) is 31.3 Å². The third kappa shape index (κ3) is 3.23. The van der Waals surface area contributed by atoms with Gasteiger partial charge >= 0.3 is 0 Å². The summed E-state index contributed by atoms with van der Waals surface area (Å²) in [6.45, 7) is 2.91. The molecular formula is C15H16INO. The monoisotopic (exact) mass is 353 g/mol. The lowest BCUT2D eigenvalue weighted by Crippen LogP contribution is -2.05. The zero-order valence-corrected chi connectivity index (χ0v) is 12.7. The van der Waals surface area contributed by atoms with Crippen LogP contribution in [0.15, 0.2) is 42.5 Å². The second-order valence-corrected chi connectivity index (χ2v) is 5.32. The molecule has 0 radical (unpaired) electrons. The van der Waals surface area contributed by atoms with Crippen molar-refractivity contribution in [2.24, 2.45) is 0 Å². The SMILES string of the molecule is CNCc1ccc(C)c(Oc2ccccc2I)c1. The maximum atomic E-state index is 5.99. The first-order valence-corrected chi connectivity index (χ1v) is 6.95. The Hall–Kier alpha value is -1.07. The topological polar surface area (TPSA) is 21.3 Å². The number of hydrogen-bond acceptors (Lipinski definition) is 2. The van der Waals surface area contributed by atoms with Crippen molar-refractivity contribution >= 4 is 22.6 Å². The van der Waals surface area contributed by atoms with Crippen molar-refractivity contribution in [3.8, 4) is 11.5 Å². The smallest absolute Gasteiger partial charge is 0.140 e. The molecule has 0 aliphatic heterocycles. The maximum absolute atomic E-state index is 5.99. The van der Waals surface area contributed by atoms with Crippen molar-refractivity contribution in [3.63, 3.8) is 0 Å². The predicted molar refractivity (Wildman–Crippen MR) is 83.2 cm³/mol. The third-order valence-corrected chi connectivity index (χ3v) is 3.58. The molecule has 0 aliphatic carbocycles. The van der Waals surface area contributed by atoms with E-state index >= 15 is 0 Å². The summed E-state index contributed by atoms with van der Waals surface area (Å²) >= 11 is 2.29. The van der Waals surface area contributed by atoms with E-state index in [9.17, 15) is 0 Å². The van der Waals surface area contributed by atoms with E-state index in [1.165, 1.54) is 5.56 Å². The molecule has 0 aliphatic rings. The molecule has 2 aromatic rings. The van der Waals surface area contributed by atoms with E-state index < -0.39 is 0 Å². The molecule has 2 nitrogen and oxygen atoms in total. The molecule has 2 aromatic carbocycles. The van der Waals surface area contributed by atoms with Gasteiger partial charge in [-0.15, -0.1) is 0 Å². The Balaban J connectivity index is 2.28. The highest BCUT2D eigenvalue weighted by Gasteiger charge is 2.05. The van der Waals surface area contributed by atoms with Gasteiger partial charge in [0.1, 0.15) is 11.5 Å². The number of benzene rings is 2. The number of ether oxygens (including phenoxy) is 1. The first-order chi connectivity index (χ1) is 8.70. The molecule has 0 bridgehead atoms. The predicted octanol–water partition coefficient (Wildman–Crippen LogP) is 4.11. The molecule has 0 atom stereocenters. The molecule has 0 saturated heterocycles. The van der Waals surface area contributed by atoms with Gasteiger partial charge in [0.25, 0.3) is 0 Å². The van der Waals surface area contributed by atoms with Crippen LogP contribution in [-0.2, 0) is 6.54 Å². The summed E-state index contributed by atoms with van der Waals surface area (Å²) in [4.78, 5) is 0. The highest BCUT2D eigenvalue weighted by Crippen LogP contribution is 2.29. The standard InChI is InChI=1S/C15H16INO/c1-11-7-8-12(10-17-2)9-15(11)18-14-6-4-3-5-13(14)16/h3-9,17H,10H2,1-2H3. The number of aryl methyl sites for hydroxylation is 1. The first-order valence-electron chi connectivity index (χ1n) is 5.87. The van der Waals surface area contributed by atoms with Gasteiger partial charge < -0.3 is 10.1 Å². The lowest BCUT2D eigenvalue weighted by atomic mass is 10.1. The zero-order valence-electron chi connectivity index (χ0n) is 10.5. The first kappa shape index (κ1) is 13.4. The van der Waals surface area contributed by atoms with Gasteiger partial charge in [0.15, 0.2) is 0 Å². The number of halogens is 1. The van der Waals surface area contributed by atoms with Crippen molar-refractivity contribution in [1.82, 2.24) is 5.32 Å². The fourth-order valence-electron chi connectivity index (χ4n) is 1.71. The molecule has 0 unspecified atom stereocenters. The van der Waals surface area contributed by atoms with E-state index in [4.69, 9.17) is 4.74 Å². The van der Waals surface area contributed by atoms with Gasteiger partial charge in [0.2, 0.25) is 0 Å². The van der Waals surface area contributed by atoms with Gasteiger partial charge in [-0.25, -0.2) is 0 Å². The lowest BCUT2D eigenvalue weighted by molar-refractivity contribution is 0.474. The summed E-state index contributed by atoms with van der Waals surface area (Å²) < 4.78 is 7.11. The highest BCUT2D eigenvalue weighted by molar-refractivity contribution is 14.1. The normalized spacial score (nSPS) is 10.4. The molecule has 3 heteroatoms. The third-order valence-electron chi connectivity index (χ3n) is 2.69. The number of rotatable bonds is 4. The molecule has 0 amide bonds. The van der Waals surface area contributed by atoms with E-state index in [-0.39, 0.29) is 0 Å². The fraction of sp³-hybridized carbons (Fsp3) is 0.200. The number of nitrogens with one attached hydrogen (secondary N) is 1. The summed E-state index contributed by atoms with van der Waals surface area (Å²) in [6.07, 6.45) is 0. The summed E-state index contributed by atoms with van der Waals surface area (Å²) in [7, 11) is 1.94. The lowest BCUT2D eigenvalue weighted by Gasteiger charge is -2.11. The molecule has 94 valence electrons. The van der Waals surface area contributed by atoms with Crippen molar-refractivity contribution in [2.45, 2.75) is 13.5 Å². The van der Waals surface area contributed by atoms with Crippen LogP contribution < -0.4 is 10.1 Å². The Bertz CT molecular complexity index is 540. The van der Waals surface area contributed by atoms with E-state index in [0.717, 1.165) is 27.2 Å². The molecule has 0 fully saturated rings. The average Bonchev–Trinajstić information content (AvgIpc) is 2.36. The number of para-hydroxylation sites is 1. The van der Waals surface area contributed by atoms with Crippen LogP contribution in [0.4, 0.5) is 0 Å². The molecule has 1 N–H and O–H groups in total. The van der Waals surface area contributed by atoms with Gasteiger partial charge in [0, 0.05) is 6.54 Å². The Morgan fingerprint density at radius 3 is 2.61 bits per heavy atom. The van der Waals surface area contributed by atoms with Gasteiger partial charge in [-0.3, -0.25) is 0 Å². The zero-order chi connectivity index (χ0) is 13.0. The molecule has 0 saturated carbocycles. The van der Waals surface area contributed by atoms with Crippen LogP contribution in [0.3, 0.4) is 0 Å². The van der Waals surface area contributed by atoms with E-state index in [1.54, 1.807) is 0 Å². The van der Waals surface area contributed by atoms with Crippen LogP contribution in [0.2, 0.25) is 0 Å². The second-order valence-electron chi connectivity index (χ2n) is 4.16. The summed E-state index contributed by atoms with van der Waals surface area (Å²) in [5.74, 6) is 1.83. The fourth-order valence-corrected chi connectivity index (χ4v) is 2.21. The second kappa shape index (κ2) is 6.20. The Morgan fingerprint density at radius 1 is 1.11 bits per heavy atom. The minimum Gasteiger partial charge on any atom is -0.456 e.